The summed E-state index contributed by atoms with van der Waals surface area (Å²) in [7, 11) is 1.80. The molecule has 0 aliphatic carbocycles. The number of aromatic nitrogens is 2. The number of nitrogens with zero attached hydrogens (tertiary/aromatic N) is 2. The second-order valence-electron chi connectivity index (χ2n) is 4.20. The van der Waals surface area contributed by atoms with E-state index >= 15 is 0 Å². The highest BCUT2D eigenvalue weighted by molar-refractivity contribution is 5.86. The van der Waals surface area contributed by atoms with Gasteiger partial charge in [0.1, 0.15) is 5.82 Å². The number of benzene rings is 2. The van der Waals surface area contributed by atoms with Crippen LogP contribution >= 0.6 is 0 Å². The Morgan fingerprint density at radius 1 is 0.947 bits per heavy atom. The molecule has 4 nitrogen and oxygen atoms in total. The molecule has 0 saturated heterocycles. The minimum atomic E-state index is 0.603. The molecule has 3 rings (SSSR count). The van der Waals surface area contributed by atoms with E-state index in [1.807, 2.05) is 24.3 Å². The van der Waals surface area contributed by atoms with E-state index in [-0.39, 0.29) is 0 Å². The molecule has 2 N–H and O–H groups in total. The molecule has 1 heterocycles. The van der Waals surface area contributed by atoms with Gasteiger partial charge in [0.25, 0.3) is 0 Å². The van der Waals surface area contributed by atoms with E-state index in [9.17, 15) is 0 Å². The average molecular weight is 250 g/mol. The van der Waals surface area contributed by atoms with Crippen molar-refractivity contribution in [3.8, 4) is 0 Å². The quantitative estimate of drug-likeness (QED) is 0.748. The lowest BCUT2D eigenvalue weighted by atomic mass is 10.1. The number of hydrogen-bond donors (Lipinski definition) is 2. The Hall–Kier alpha value is -2.62. The van der Waals surface area contributed by atoms with Crippen molar-refractivity contribution >= 4 is 28.2 Å². The highest BCUT2D eigenvalue weighted by Gasteiger charge is 1.99. The highest BCUT2D eigenvalue weighted by atomic mass is 15.1. The Labute approximate surface area is 111 Å². The van der Waals surface area contributed by atoms with E-state index in [4.69, 9.17) is 0 Å². The van der Waals surface area contributed by atoms with Crippen molar-refractivity contribution in [1.29, 1.82) is 0 Å². The minimum Gasteiger partial charge on any atom is -0.357 e. The Morgan fingerprint density at radius 3 is 2.63 bits per heavy atom. The first kappa shape index (κ1) is 11.5. The molecule has 0 unspecified atom stereocenters. The van der Waals surface area contributed by atoms with Gasteiger partial charge in [-0.15, -0.1) is 0 Å². The smallest absolute Gasteiger partial charge is 0.224 e. The zero-order chi connectivity index (χ0) is 13.1. The third-order valence-corrected chi connectivity index (χ3v) is 2.90. The SMILES string of the molecule is CNc1nccc(Nc2ccc3ccccc3c2)n1. The van der Waals surface area contributed by atoms with Crippen molar-refractivity contribution in [3.05, 3.63) is 54.7 Å². The number of fused-ring (bicyclic) bond motifs is 1. The normalized spacial score (nSPS) is 10.4. The predicted molar refractivity (Wildman–Crippen MR) is 78.8 cm³/mol. The predicted octanol–water partition coefficient (Wildman–Crippen LogP) is 3.42. The zero-order valence-corrected chi connectivity index (χ0v) is 10.6. The van der Waals surface area contributed by atoms with Crippen LogP contribution in [-0.4, -0.2) is 17.0 Å². The summed E-state index contributed by atoms with van der Waals surface area (Å²) in [6.07, 6.45) is 1.72. The maximum atomic E-state index is 4.33. The molecule has 0 bridgehead atoms. The summed E-state index contributed by atoms with van der Waals surface area (Å²) in [6.45, 7) is 0. The zero-order valence-electron chi connectivity index (χ0n) is 10.6. The average Bonchev–Trinajstić information content (AvgIpc) is 2.47. The monoisotopic (exact) mass is 250 g/mol. The van der Waals surface area contributed by atoms with Gasteiger partial charge in [-0.3, -0.25) is 0 Å². The largest absolute Gasteiger partial charge is 0.357 e. The summed E-state index contributed by atoms with van der Waals surface area (Å²) in [6, 6.07) is 16.4. The van der Waals surface area contributed by atoms with Crippen molar-refractivity contribution < 1.29 is 0 Å². The van der Waals surface area contributed by atoms with Gasteiger partial charge in [-0.25, -0.2) is 4.98 Å². The van der Waals surface area contributed by atoms with Crippen molar-refractivity contribution in [3.63, 3.8) is 0 Å². The molecule has 2 aromatic carbocycles. The molecule has 0 atom stereocenters. The second-order valence-corrected chi connectivity index (χ2v) is 4.20. The van der Waals surface area contributed by atoms with Crippen molar-refractivity contribution in [2.75, 3.05) is 17.7 Å². The molecule has 1 aromatic heterocycles. The van der Waals surface area contributed by atoms with Gasteiger partial charge in [0.2, 0.25) is 5.95 Å². The Kier molecular flexibility index (Phi) is 2.98. The lowest BCUT2D eigenvalue weighted by molar-refractivity contribution is 1.15. The lowest BCUT2D eigenvalue weighted by Crippen LogP contribution is -1.99. The van der Waals surface area contributed by atoms with E-state index in [1.54, 1.807) is 13.2 Å². The molecular formula is C15H14N4. The van der Waals surface area contributed by atoms with Gasteiger partial charge in [-0.1, -0.05) is 30.3 Å². The summed E-state index contributed by atoms with van der Waals surface area (Å²) in [5, 5.41) is 8.63. The fourth-order valence-corrected chi connectivity index (χ4v) is 1.96. The first-order chi connectivity index (χ1) is 9.35. The third kappa shape index (κ3) is 2.47. The van der Waals surface area contributed by atoms with Gasteiger partial charge in [-0.2, -0.15) is 4.98 Å². The van der Waals surface area contributed by atoms with Crippen molar-refractivity contribution in [1.82, 2.24) is 9.97 Å². The molecule has 0 spiro atoms. The van der Waals surface area contributed by atoms with Crippen LogP contribution in [0, 0.1) is 0 Å². The number of rotatable bonds is 3. The van der Waals surface area contributed by atoms with E-state index in [0.29, 0.717) is 5.95 Å². The fraction of sp³-hybridized carbons (Fsp3) is 0.0667. The molecule has 0 fully saturated rings. The fourth-order valence-electron chi connectivity index (χ4n) is 1.96. The van der Waals surface area contributed by atoms with Crippen LogP contribution in [0.2, 0.25) is 0 Å². The summed E-state index contributed by atoms with van der Waals surface area (Å²) in [5.41, 5.74) is 1.01. The van der Waals surface area contributed by atoms with Gasteiger partial charge in [0.15, 0.2) is 0 Å². The lowest BCUT2D eigenvalue weighted by Gasteiger charge is -2.07. The van der Waals surface area contributed by atoms with Gasteiger partial charge in [0.05, 0.1) is 0 Å². The Balaban J connectivity index is 1.92. The first-order valence-electron chi connectivity index (χ1n) is 6.12. The summed E-state index contributed by atoms with van der Waals surface area (Å²) in [5.74, 6) is 1.38. The Morgan fingerprint density at radius 2 is 1.79 bits per heavy atom. The number of nitrogens with one attached hydrogen (secondary N) is 2. The van der Waals surface area contributed by atoms with E-state index in [2.05, 4.69) is 44.9 Å². The Bertz CT molecular complexity index is 709. The topological polar surface area (TPSA) is 49.8 Å². The summed E-state index contributed by atoms with van der Waals surface area (Å²) in [4.78, 5) is 8.42. The van der Waals surface area contributed by atoms with Crippen LogP contribution in [0.4, 0.5) is 17.5 Å². The van der Waals surface area contributed by atoms with Crippen LogP contribution in [-0.2, 0) is 0 Å². The van der Waals surface area contributed by atoms with Crippen LogP contribution in [0.1, 0.15) is 0 Å². The van der Waals surface area contributed by atoms with Gasteiger partial charge >= 0.3 is 0 Å². The molecular weight excluding hydrogens is 236 g/mol. The van der Waals surface area contributed by atoms with Crippen LogP contribution in [0.25, 0.3) is 10.8 Å². The van der Waals surface area contributed by atoms with E-state index < -0.39 is 0 Å². The molecule has 0 aliphatic rings. The second kappa shape index (κ2) is 4.94. The standard InChI is InChI=1S/C15H14N4/c1-16-15-17-9-8-14(19-15)18-13-7-6-11-4-2-3-5-12(11)10-13/h2-10H,1H3,(H2,16,17,18,19). The van der Waals surface area contributed by atoms with E-state index in [1.165, 1.54) is 10.8 Å². The van der Waals surface area contributed by atoms with Crippen molar-refractivity contribution in [2.24, 2.45) is 0 Å². The maximum Gasteiger partial charge on any atom is 0.224 e. The maximum absolute atomic E-state index is 4.33. The van der Waals surface area contributed by atoms with Gasteiger partial charge in [0, 0.05) is 18.9 Å². The highest BCUT2D eigenvalue weighted by Crippen LogP contribution is 2.21. The molecule has 94 valence electrons. The number of hydrogen-bond acceptors (Lipinski definition) is 4. The van der Waals surface area contributed by atoms with Crippen LogP contribution < -0.4 is 10.6 Å². The summed E-state index contributed by atoms with van der Waals surface area (Å²) >= 11 is 0. The molecule has 19 heavy (non-hydrogen) atoms. The first-order valence-corrected chi connectivity index (χ1v) is 6.12. The van der Waals surface area contributed by atoms with Crippen LogP contribution in [0.15, 0.2) is 54.7 Å². The summed E-state index contributed by atoms with van der Waals surface area (Å²) < 4.78 is 0. The van der Waals surface area contributed by atoms with Gasteiger partial charge < -0.3 is 10.6 Å². The molecule has 4 heteroatoms. The molecule has 0 aliphatic heterocycles. The molecule has 0 amide bonds. The molecule has 0 radical (unpaired) electrons. The van der Waals surface area contributed by atoms with Gasteiger partial charge in [-0.05, 0) is 29.0 Å². The third-order valence-electron chi connectivity index (χ3n) is 2.90. The number of anilines is 3. The van der Waals surface area contributed by atoms with Crippen molar-refractivity contribution in [2.45, 2.75) is 0 Å². The van der Waals surface area contributed by atoms with E-state index in [0.717, 1.165) is 11.5 Å². The van der Waals surface area contributed by atoms with Crippen LogP contribution in [0.5, 0.6) is 0 Å². The van der Waals surface area contributed by atoms with Crippen LogP contribution in [0.3, 0.4) is 0 Å². The molecule has 0 saturated carbocycles. The molecule has 3 aromatic rings. The minimum absolute atomic E-state index is 0.603.